The summed E-state index contributed by atoms with van der Waals surface area (Å²) >= 11 is 1.71. The molecule has 0 fully saturated rings. The lowest BCUT2D eigenvalue weighted by molar-refractivity contribution is 0.406. The van der Waals surface area contributed by atoms with Crippen LogP contribution in [0.4, 0.5) is 0 Å². The summed E-state index contributed by atoms with van der Waals surface area (Å²) in [7, 11) is 3.50. The molecule has 5 heteroatoms. The molecule has 18 heavy (non-hydrogen) atoms. The van der Waals surface area contributed by atoms with E-state index in [0.717, 1.165) is 17.0 Å². The van der Waals surface area contributed by atoms with E-state index in [9.17, 15) is 0 Å². The van der Waals surface area contributed by atoms with Gasteiger partial charge in [0.05, 0.1) is 19.3 Å². The highest BCUT2D eigenvalue weighted by Crippen LogP contribution is 2.28. The molecule has 0 bridgehead atoms. The van der Waals surface area contributed by atoms with Gasteiger partial charge in [-0.1, -0.05) is 12.1 Å². The van der Waals surface area contributed by atoms with Crippen LogP contribution in [-0.4, -0.2) is 23.1 Å². The lowest BCUT2D eigenvalue weighted by Gasteiger charge is -2.14. The molecule has 2 N–H and O–H groups in total. The topological polar surface area (TPSA) is 53.1 Å². The molecule has 1 aromatic heterocycles. The number of methoxy groups -OCH3 is 1. The Morgan fingerprint density at radius 1 is 1.33 bits per heavy atom. The van der Waals surface area contributed by atoms with Gasteiger partial charge in [0.25, 0.3) is 0 Å². The lowest BCUT2D eigenvalue weighted by atomic mass is 10.0. The first-order valence-corrected chi connectivity index (χ1v) is 6.85. The van der Waals surface area contributed by atoms with Crippen molar-refractivity contribution in [1.29, 1.82) is 0 Å². The van der Waals surface area contributed by atoms with Crippen molar-refractivity contribution in [2.75, 3.05) is 13.4 Å². The van der Waals surface area contributed by atoms with E-state index in [1.54, 1.807) is 29.8 Å². The normalized spacial score (nSPS) is 12.4. The van der Waals surface area contributed by atoms with Crippen molar-refractivity contribution < 1.29 is 4.74 Å². The number of nitrogens with zero attached hydrogens (tertiary/aromatic N) is 2. The van der Waals surface area contributed by atoms with Crippen LogP contribution in [0.1, 0.15) is 17.3 Å². The number of rotatable bonds is 4. The molecule has 0 aliphatic carbocycles. The first kappa shape index (κ1) is 13.0. The fourth-order valence-corrected chi connectivity index (χ4v) is 2.32. The second-order valence-corrected chi connectivity index (χ2v) is 4.85. The average molecular weight is 263 g/mol. The van der Waals surface area contributed by atoms with Crippen molar-refractivity contribution in [2.45, 2.75) is 10.9 Å². The highest BCUT2D eigenvalue weighted by molar-refractivity contribution is 7.98. The van der Waals surface area contributed by atoms with E-state index in [-0.39, 0.29) is 6.04 Å². The van der Waals surface area contributed by atoms with Crippen LogP contribution in [0.2, 0.25) is 0 Å². The van der Waals surface area contributed by atoms with Crippen LogP contribution in [0.5, 0.6) is 5.75 Å². The van der Waals surface area contributed by atoms with Crippen molar-refractivity contribution in [1.82, 2.24) is 9.78 Å². The smallest absolute Gasteiger partial charge is 0.161 e. The minimum absolute atomic E-state index is 0.233. The van der Waals surface area contributed by atoms with E-state index in [4.69, 9.17) is 10.5 Å². The van der Waals surface area contributed by atoms with Crippen molar-refractivity contribution >= 4 is 11.8 Å². The second-order valence-electron chi connectivity index (χ2n) is 3.97. The molecule has 2 rings (SSSR count). The Labute approximate surface area is 111 Å². The lowest BCUT2D eigenvalue weighted by Crippen LogP contribution is -2.16. The first-order chi connectivity index (χ1) is 8.67. The standard InChI is InChI=1S/C13H17N3OS/c1-16-13(11(17-2)8-15-16)12(14)9-4-6-10(18-3)7-5-9/h4-8,12H,14H2,1-3H3. The molecule has 0 aliphatic rings. The van der Waals surface area contributed by atoms with Gasteiger partial charge in [0, 0.05) is 11.9 Å². The Balaban J connectivity index is 2.34. The van der Waals surface area contributed by atoms with Crippen LogP contribution in [0.15, 0.2) is 35.4 Å². The Kier molecular flexibility index (Phi) is 3.93. The van der Waals surface area contributed by atoms with Crippen LogP contribution < -0.4 is 10.5 Å². The van der Waals surface area contributed by atoms with E-state index in [2.05, 4.69) is 23.5 Å². The quantitative estimate of drug-likeness (QED) is 0.859. The van der Waals surface area contributed by atoms with Gasteiger partial charge in [-0.15, -0.1) is 11.8 Å². The molecule has 1 atom stereocenters. The predicted molar refractivity (Wildman–Crippen MR) is 74.0 cm³/mol. The number of aryl methyl sites for hydroxylation is 1. The van der Waals surface area contributed by atoms with Gasteiger partial charge < -0.3 is 10.5 Å². The van der Waals surface area contributed by atoms with Crippen LogP contribution >= 0.6 is 11.8 Å². The molecule has 0 aliphatic heterocycles. The molecule has 0 saturated heterocycles. The fourth-order valence-electron chi connectivity index (χ4n) is 1.91. The van der Waals surface area contributed by atoms with Gasteiger partial charge in [-0.2, -0.15) is 5.10 Å². The number of aromatic nitrogens is 2. The SMILES string of the molecule is COc1cnn(C)c1C(N)c1ccc(SC)cc1. The third kappa shape index (κ3) is 2.37. The van der Waals surface area contributed by atoms with Gasteiger partial charge in [0.1, 0.15) is 5.69 Å². The van der Waals surface area contributed by atoms with Gasteiger partial charge in [-0.05, 0) is 24.0 Å². The van der Waals surface area contributed by atoms with E-state index >= 15 is 0 Å². The minimum Gasteiger partial charge on any atom is -0.493 e. The summed E-state index contributed by atoms with van der Waals surface area (Å²) in [5.74, 6) is 0.721. The summed E-state index contributed by atoms with van der Waals surface area (Å²) in [5.41, 5.74) is 8.22. The molecule has 96 valence electrons. The minimum atomic E-state index is -0.233. The van der Waals surface area contributed by atoms with Crippen molar-refractivity contribution in [3.8, 4) is 5.75 Å². The van der Waals surface area contributed by atoms with Crippen LogP contribution in [0.25, 0.3) is 0 Å². The monoisotopic (exact) mass is 263 g/mol. The van der Waals surface area contributed by atoms with Crippen LogP contribution in [-0.2, 0) is 7.05 Å². The third-order valence-electron chi connectivity index (χ3n) is 2.94. The largest absolute Gasteiger partial charge is 0.493 e. The molecule has 0 spiro atoms. The van der Waals surface area contributed by atoms with Gasteiger partial charge in [0.15, 0.2) is 5.75 Å². The molecule has 2 aromatic rings. The van der Waals surface area contributed by atoms with Crippen LogP contribution in [0, 0.1) is 0 Å². The summed E-state index contributed by atoms with van der Waals surface area (Å²) in [6.07, 6.45) is 3.74. The molecule has 4 nitrogen and oxygen atoms in total. The molecule has 0 amide bonds. The molecule has 0 saturated carbocycles. The molecule has 1 aromatic carbocycles. The van der Waals surface area contributed by atoms with Crippen LogP contribution in [0.3, 0.4) is 0 Å². The molecular weight excluding hydrogens is 246 g/mol. The van der Waals surface area contributed by atoms with Crippen molar-refractivity contribution in [2.24, 2.45) is 12.8 Å². The highest BCUT2D eigenvalue weighted by Gasteiger charge is 2.18. The van der Waals surface area contributed by atoms with Gasteiger partial charge in [-0.25, -0.2) is 0 Å². The van der Waals surface area contributed by atoms with Gasteiger partial charge in [-0.3, -0.25) is 4.68 Å². The summed E-state index contributed by atoms with van der Waals surface area (Å²) in [6.45, 7) is 0. The summed E-state index contributed by atoms with van der Waals surface area (Å²) in [4.78, 5) is 1.22. The zero-order chi connectivity index (χ0) is 13.1. The maximum absolute atomic E-state index is 6.28. The predicted octanol–water partition coefficient (Wildman–Crippen LogP) is 2.20. The maximum atomic E-state index is 6.28. The van der Waals surface area contributed by atoms with Crippen molar-refractivity contribution in [3.63, 3.8) is 0 Å². The Hall–Kier alpha value is -1.46. The van der Waals surface area contributed by atoms with Gasteiger partial charge in [0.2, 0.25) is 0 Å². The molecule has 1 heterocycles. The first-order valence-electron chi connectivity index (χ1n) is 5.62. The number of benzene rings is 1. The fraction of sp³-hybridized carbons (Fsp3) is 0.308. The highest BCUT2D eigenvalue weighted by atomic mass is 32.2. The zero-order valence-corrected chi connectivity index (χ0v) is 11.6. The Morgan fingerprint density at radius 2 is 2.00 bits per heavy atom. The summed E-state index contributed by atoms with van der Waals surface area (Å²) in [5, 5.41) is 4.18. The Morgan fingerprint density at radius 3 is 2.56 bits per heavy atom. The summed E-state index contributed by atoms with van der Waals surface area (Å²) in [6, 6.07) is 8.00. The molecule has 0 radical (unpaired) electrons. The Bertz CT molecular complexity index is 522. The average Bonchev–Trinajstić information content (AvgIpc) is 2.79. The zero-order valence-electron chi connectivity index (χ0n) is 10.8. The molecule has 1 unspecified atom stereocenters. The number of hydrogen-bond acceptors (Lipinski definition) is 4. The number of ether oxygens (including phenoxy) is 1. The van der Waals surface area contributed by atoms with E-state index in [0.29, 0.717) is 0 Å². The second kappa shape index (κ2) is 5.46. The van der Waals surface area contributed by atoms with E-state index in [1.165, 1.54) is 4.90 Å². The van der Waals surface area contributed by atoms with E-state index < -0.39 is 0 Å². The number of thioether (sulfide) groups is 1. The number of hydrogen-bond donors (Lipinski definition) is 1. The van der Waals surface area contributed by atoms with Gasteiger partial charge >= 0.3 is 0 Å². The van der Waals surface area contributed by atoms with E-state index in [1.807, 2.05) is 19.2 Å². The number of nitrogens with two attached hydrogens (primary N) is 1. The van der Waals surface area contributed by atoms with Crippen molar-refractivity contribution in [3.05, 3.63) is 41.7 Å². The maximum Gasteiger partial charge on any atom is 0.161 e. The summed E-state index contributed by atoms with van der Waals surface area (Å²) < 4.78 is 7.04. The molecular formula is C13H17N3OS. The third-order valence-corrected chi connectivity index (χ3v) is 3.68.